The van der Waals surface area contributed by atoms with Crippen LogP contribution >= 0.6 is 0 Å². The number of nitrogens with zero attached hydrogens (tertiary/aromatic N) is 1. The van der Waals surface area contributed by atoms with Gasteiger partial charge in [0.05, 0.1) is 0 Å². The Morgan fingerprint density at radius 2 is 1.88 bits per heavy atom. The predicted molar refractivity (Wildman–Crippen MR) is 70.2 cm³/mol. The van der Waals surface area contributed by atoms with Crippen LogP contribution in [0.15, 0.2) is 0 Å². The number of hydrogen-bond donors (Lipinski definition) is 1. The molecule has 0 aromatic carbocycles. The quantitative estimate of drug-likeness (QED) is 0.688. The predicted octanol–water partition coefficient (Wildman–Crippen LogP) is 1.46. The van der Waals surface area contributed by atoms with Gasteiger partial charge >= 0.3 is 0 Å². The van der Waals surface area contributed by atoms with E-state index in [0.29, 0.717) is 0 Å². The molecule has 4 heteroatoms. The second-order valence-electron chi connectivity index (χ2n) is 5.11. The van der Waals surface area contributed by atoms with Crippen molar-refractivity contribution in [3.63, 3.8) is 0 Å². The molecule has 0 aliphatic carbocycles. The van der Waals surface area contributed by atoms with Crippen LogP contribution in [0.5, 0.6) is 0 Å². The van der Waals surface area contributed by atoms with Crippen molar-refractivity contribution in [1.29, 1.82) is 0 Å². The Kier molecular flexibility index (Phi) is 6.41. The molecular weight excluding hydrogens is 216 g/mol. The summed E-state index contributed by atoms with van der Waals surface area (Å²) in [7, 11) is 0. The fourth-order valence-corrected chi connectivity index (χ4v) is 2.29. The number of ether oxygens (including phenoxy) is 2. The van der Waals surface area contributed by atoms with E-state index in [-0.39, 0.29) is 11.8 Å². The van der Waals surface area contributed by atoms with Crippen molar-refractivity contribution in [1.82, 2.24) is 10.2 Å². The zero-order chi connectivity index (χ0) is 12.7. The highest BCUT2D eigenvalue weighted by atomic mass is 16.7. The lowest BCUT2D eigenvalue weighted by Gasteiger charge is -2.43. The molecule has 0 atom stereocenters. The summed E-state index contributed by atoms with van der Waals surface area (Å²) in [6.07, 6.45) is 0.904. The van der Waals surface area contributed by atoms with E-state index in [1.54, 1.807) is 0 Å². The van der Waals surface area contributed by atoms with Crippen LogP contribution in [0, 0.1) is 0 Å². The van der Waals surface area contributed by atoms with E-state index < -0.39 is 0 Å². The third-order valence-electron chi connectivity index (χ3n) is 3.31. The minimum Gasteiger partial charge on any atom is -0.353 e. The largest absolute Gasteiger partial charge is 0.353 e. The first-order chi connectivity index (χ1) is 8.10. The number of hydrogen-bond acceptors (Lipinski definition) is 4. The Morgan fingerprint density at radius 3 is 2.41 bits per heavy atom. The third kappa shape index (κ3) is 4.92. The van der Waals surface area contributed by atoms with Crippen molar-refractivity contribution in [3.05, 3.63) is 0 Å². The molecule has 1 heterocycles. The van der Waals surface area contributed by atoms with Gasteiger partial charge in [-0.15, -0.1) is 0 Å². The van der Waals surface area contributed by atoms with E-state index in [4.69, 9.17) is 9.47 Å². The summed E-state index contributed by atoms with van der Waals surface area (Å²) in [6.45, 7) is 14.3. The maximum absolute atomic E-state index is 5.58. The first kappa shape index (κ1) is 14.9. The molecule has 17 heavy (non-hydrogen) atoms. The normalized spacial score (nSPS) is 21.0. The highest BCUT2D eigenvalue weighted by Gasteiger charge is 2.29. The maximum atomic E-state index is 5.58. The Hall–Kier alpha value is -0.160. The van der Waals surface area contributed by atoms with Gasteiger partial charge in [-0.3, -0.25) is 4.90 Å². The van der Waals surface area contributed by atoms with Gasteiger partial charge < -0.3 is 14.8 Å². The Labute approximate surface area is 106 Å². The van der Waals surface area contributed by atoms with Crippen LogP contribution in [0.25, 0.3) is 0 Å². The van der Waals surface area contributed by atoms with E-state index in [1.807, 2.05) is 13.8 Å². The fraction of sp³-hybridized carbons (Fsp3) is 1.00. The van der Waals surface area contributed by atoms with Crippen molar-refractivity contribution < 1.29 is 9.47 Å². The SMILES string of the molecule is CCOC(CCN1CCNCC1(C)C)OCC. The lowest BCUT2D eigenvalue weighted by Crippen LogP contribution is -2.58. The van der Waals surface area contributed by atoms with Gasteiger partial charge in [-0.05, 0) is 27.7 Å². The summed E-state index contributed by atoms with van der Waals surface area (Å²) in [6, 6.07) is 0. The van der Waals surface area contributed by atoms with E-state index in [1.165, 1.54) is 0 Å². The van der Waals surface area contributed by atoms with E-state index in [2.05, 4.69) is 24.1 Å². The van der Waals surface area contributed by atoms with Crippen LogP contribution in [0.2, 0.25) is 0 Å². The summed E-state index contributed by atoms with van der Waals surface area (Å²) in [5.41, 5.74) is 0.237. The molecule has 102 valence electrons. The molecule has 1 aliphatic rings. The summed E-state index contributed by atoms with van der Waals surface area (Å²) in [5.74, 6) is 0. The molecule has 1 fully saturated rings. The minimum atomic E-state index is -0.0457. The molecule has 1 N–H and O–H groups in total. The second-order valence-corrected chi connectivity index (χ2v) is 5.11. The summed E-state index contributed by atoms with van der Waals surface area (Å²) in [5, 5.41) is 3.44. The lowest BCUT2D eigenvalue weighted by molar-refractivity contribution is -0.144. The maximum Gasteiger partial charge on any atom is 0.158 e. The van der Waals surface area contributed by atoms with Gasteiger partial charge in [0.25, 0.3) is 0 Å². The molecule has 0 saturated carbocycles. The monoisotopic (exact) mass is 244 g/mol. The van der Waals surface area contributed by atoms with Gasteiger partial charge in [-0.25, -0.2) is 0 Å². The van der Waals surface area contributed by atoms with Crippen LogP contribution in [0.1, 0.15) is 34.1 Å². The lowest BCUT2D eigenvalue weighted by atomic mass is 10.00. The van der Waals surface area contributed by atoms with Crippen LogP contribution in [0.4, 0.5) is 0 Å². The van der Waals surface area contributed by atoms with Crippen molar-refractivity contribution in [2.24, 2.45) is 0 Å². The Bertz CT molecular complexity index is 204. The van der Waals surface area contributed by atoms with Gasteiger partial charge in [0.15, 0.2) is 6.29 Å². The molecule has 0 aromatic heterocycles. The Balaban J connectivity index is 2.36. The van der Waals surface area contributed by atoms with Gasteiger partial charge in [0.1, 0.15) is 0 Å². The highest BCUT2D eigenvalue weighted by molar-refractivity contribution is 4.88. The first-order valence-electron chi connectivity index (χ1n) is 6.79. The third-order valence-corrected chi connectivity index (χ3v) is 3.31. The number of nitrogens with one attached hydrogen (secondary N) is 1. The standard InChI is InChI=1S/C13H28N2O2/c1-5-16-12(17-6-2)7-9-15-10-8-14-11-13(15,3)4/h12,14H,5-11H2,1-4H3. The van der Waals surface area contributed by atoms with Gasteiger partial charge in [-0.2, -0.15) is 0 Å². The summed E-state index contributed by atoms with van der Waals surface area (Å²) in [4.78, 5) is 2.52. The average molecular weight is 244 g/mol. The molecule has 0 radical (unpaired) electrons. The first-order valence-corrected chi connectivity index (χ1v) is 6.79. The molecule has 0 aromatic rings. The topological polar surface area (TPSA) is 33.7 Å². The fourth-order valence-electron chi connectivity index (χ4n) is 2.29. The van der Waals surface area contributed by atoms with Crippen molar-refractivity contribution >= 4 is 0 Å². The van der Waals surface area contributed by atoms with Crippen molar-refractivity contribution in [3.8, 4) is 0 Å². The average Bonchev–Trinajstić information content (AvgIpc) is 2.27. The number of rotatable bonds is 7. The van der Waals surface area contributed by atoms with E-state index in [9.17, 15) is 0 Å². The molecule has 1 aliphatic heterocycles. The van der Waals surface area contributed by atoms with Crippen LogP contribution in [-0.4, -0.2) is 56.1 Å². The molecular formula is C13H28N2O2. The van der Waals surface area contributed by atoms with Crippen molar-refractivity contribution in [2.45, 2.75) is 45.9 Å². The highest BCUT2D eigenvalue weighted by Crippen LogP contribution is 2.17. The second kappa shape index (κ2) is 7.31. The molecule has 0 spiro atoms. The van der Waals surface area contributed by atoms with Gasteiger partial charge in [-0.1, -0.05) is 0 Å². The smallest absolute Gasteiger partial charge is 0.158 e. The summed E-state index contributed by atoms with van der Waals surface area (Å²) >= 11 is 0. The van der Waals surface area contributed by atoms with Crippen molar-refractivity contribution in [2.75, 3.05) is 39.4 Å². The molecule has 0 amide bonds. The molecule has 4 nitrogen and oxygen atoms in total. The summed E-state index contributed by atoms with van der Waals surface area (Å²) < 4.78 is 11.2. The van der Waals surface area contributed by atoms with Gasteiger partial charge in [0.2, 0.25) is 0 Å². The Morgan fingerprint density at radius 1 is 1.24 bits per heavy atom. The minimum absolute atomic E-state index is 0.0457. The zero-order valence-corrected chi connectivity index (χ0v) is 11.8. The van der Waals surface area contributed by atoms with E-state index >= 15 is 0 Å². The molecule has 0 unspecified atom stereocenters. The van der Waals surface area contributed by atoms with Crippen LogP contribution < -0.4 is 5.32 Å². The zero-order valence-electron chi connectivity index (χ0n) is 11.8. The number of piperazine rings is 1. The molecule has 0 bridgehead atoms. The van der Waals surface area contributed by atoms with E-state index in [0.717, 1.165) is 45.8 Å². The van der Waals surface area contributed by atoms with Crippen LogP contribution in [-0.2, 0) is 9.47 Å². The van der Waals surface area contributed by atoms with Crippen LogP contribution in [0.3, 0.4) is 0 Å². The molecule has 1 rings (SSSR count). The molecule has 1 saturated heterocycles. The van der Waals surface area contributed by atoms with Gasteiger partial charge in [0, 0.05) is 51.4 Å².